The van der Waals surface area contributed by atoms with E-state index in [0.29, 0.717) is 17.8 Å². The van der Waals surface area contributed by atoms with E-state index in [9.17, 15) is 17.6 Å². The largest absolute Gasteiger partial charge is 0.494 e. The zero-order valence-corrected chi connectivity index (χ0v) is 18.4. The van der Waals surface area contributed by atoms with Crippen molar-refractivity contribution in [1.29, 1.82) is 0 Å². The molecule has 0 atom stereocenters. The Morgan fingerprint density at radius 2 is 1.91 bits per heavy atom. The molecular weight excluding hydrogens is 431 g/mol. The van der Waals surface area contributed by atoms with Crippen LogP contribution in [0.15, 0.2) is 71.6 Å². The Morgan fingerprint density at radius 1 is 1.09 bits per heavy atom. The van der Waals surface area contributed by atoms with E-state index in [1.54, 1.807) is 24.3 Å². The van der Waals surface area contributed by atoms with Crippen molar-refractivity contribution in [3.8, 4) is 5.75 Å². The molecule has 0 fully saturated rings. The molecule has 32 heavy (non-hydrogen) atoms. The summed E-state index contributed by atoms with van der Waals surface area (Å²) < 4.78 is 46.8. The number of amides is 1. The second-order valence-electron chi connectivity index (χ2n) is 7.49. The SMILES string of the molecule is COc1ccc(CNC(=O)c2cccc(S(=O)(=O)N3CCCc4ccccc43)c2)cc1F. The van der Waals surface area contributed by atoms with Crippen LogP contribution < -0.4 is 14.4 Å². The third-order valence-electron chi connectivity index (χ3n) is 5.42. The number of aryl methyl sites for hydroxylation is 1. The van der Waals surface area contributed by atoms with Gasteiger partial charge in [-0.25, -0.2) is 12.8 Å². The highest BCUT2D eigenvalue weighted by atomic mass is 32.2. The molecule has 4 rings (SSSR count). The first-order valence-electron chi connectivity index (χ1n) is 10.2. The fourth-order valence-electron chi connectivity index (χ4n) is 3.78. The molecule has 8 heteroatoms. The molecule has 0 bridgehead atoms. The number of sulfonamides is 1. The van der Waals surface area contributed by atoms with Gasteiger partial charge in [0.2, 0.25) is 0 Å². The lowest BCUT2D eigenvalue weighted by molar-refractivity contribution is 0.0950. The molecule has 1 heterocycles. The van der Waals surface area contributed by atoms with Crippen LogP contribution in [0.1, 0.15) is 27.9 Å². The Hall–Kier alpha value is -3.39. The quantitative estimate of drug-likeness (QED) is 0.613. The molecular formula is C24H23FN2O4S. The van der Waals surface area contributed by atoms with E-state index >= 15 is 0 Å². The first-order chi connectivity index (χ1) is 15.4. The van der Waals surface area contributed by atoms with Crippen LogP contribution in [0.2, 0.25) is 0 Å². The fraction of sp³-hybridized carbons (Fsp3) is 0.208. The van der Waals surface area contributed by atoms with Gasteiger partial charge in [-0.05, 0) is 60.4 Å². The highest BCUT2D eigenvalue weighted by Gasteiger charge is 2.29. The second-order valence-corrected chi connectivity index (χ2v) is 9.35. The van der Waals surface area contributed by atoms with E-state index in [1.165, 1.54) is 35.7 Å². The molecule has 1 amide bonds. The molecule has 0 saturated heterocycles. The zero-order chi connectivity index (χ0) is 22.7. The number of benzene rings is 3. The summed E-state index contributed by atoms with van der Waals surface area (Å²) in [6.07, 6.45) is 1.56. The Kier molecular flexibility index (Phi) is 6.14. The first-order valence-corrected chi connectivity index (χ1v) is 11.7. The van der Waals surface area contributed by atoms with Crippen molar-refractivity contribution >= 4 is 21.6 Å². The number of para-hydroxylation sites is 1. The van der Waals surface area contributed by atoms with Crippen molar-refractivity contribution < 1.29 is 22.3 Å². The van der Waals surface area contributed by atoms with Gasteiger partial charge in [0.25, 0.3) is 15.9 Å². The van der Waals surface area contributed by atoms with Crippen molar-refractivity contribution in [1.82, 2.24) is 5.32 Å². The first kappa shape index (κ1) is 21.8. The van der Waals surface area contributed by atoms with Gasteiger partial charge in [0.05, 0.1) is 17.7 Å². The van der Waals surface area contributed by atoms with Crippen molar-refractivity contribution in [2.45, 2.75) is 24.3 Å². The minimum absolute atomic E-state index is 0.0531. The van der Waals surface area contributed by atoms with Crippen LogP contribution in [-0.4, -0.2) is 28.0 Å². The molecule has 1 N–H and O–H groups in total. The lowest BCUT2D eigenvalue weighted by atomic mass is 10.0. The third kappa shape index (κ3) is 4.31. The Balaban J connectivity index is 1.53. The standard InChI is InChI=1S/C24H23FN2O4S/c1-31-23-12-11-17(14-21(23)25)16-26-24(28)19-7-4-9-20(15-19)32(29,30)27-13-5-8-18-6-2-3-10-22(18)27/h2-4,6-7,9-12,14-15H,5,8,13,16H2,1H3,(H,26,28). The smallest absolute Gasteiger partial charge is 0.264 e. The molecule has 1 aliphatic rings. The van der Waals surface area contributed by atoms with Crippen LogP contribution in [0.25, 0.3) is 0 Å². The van der Waals surface area contributed by atoms with Gasteiger partial charge in [-0.15, -0.1) is 0 Å². The number of anilines is 1. The van der Waals surface area contributed by atoms with Gasteiger partial charge in [0.1, 0.15) is 0 Å². The summed E-state index contributed by atoms with van der Waals surface area (Å²) in [7, 11) is -2.44. The highest BCUT2D eigenvalue weighted by Crippen LogP contribution is 2.32. The maximum atomic E-state index is 13.9. The second kappa shape index (κ2) is 9.00. The predicted molar refractivity (Wildman–Crippen MR) is 120 cm³/mol. The number of carbonyl (C=O) groups excluding carboxylic acids is 1. The maximum absolute atomic E-state index is 13.9. The number of methoxy groups -OCH3 is 1. The van der Waals surface area contributed by atoms with Crippen molar-refractivity contribution in [3.63, 3.8) is 0 Å². The minimum atomic E-state index is -3.82. The normalized spacial score (nSPS) is 13.4. The minimum Gasteiger partial charge on any atom is -0.494 e. The third-order valence-corrected chi connectivity index (χ3v) is 7.23. The number of halogens is 1. The van der Waals surface area contributed by atoms with Crippen LogP contribution in [0, 0.1) is 5.82 Å². The molecule has 3 aromatic carbocycles. The zero-order valence-electron chi connectivity index (χ0n) is 17.5. The number of hydrogen-bond acceptors (Lipinski definition) is 4. The number of nitrogens with zero attached hydrogens (tertiary/aromatic N) is 1. The van der Waals surface area contributed by atoms with Crippen molar-refractivity contribution in [2.75, 3.05) is 18.0 Å². The molecule has 0 saturated carbocycles. The molecule has 0 aromatic heterocycles. The van der Waals surface area contributed by atoms with Crippen LogP contribution in [-0.2, 0) is 23.0 Å². The lowest BCUT2D eigenvalue weighted by Gasteiger charge is -2.30. The number of fused-ring (bicyclic) bond motifs is 1. The number of carbonyl (C=O) groups is 1. The summed E-state index contributed by atoms with van der Waals surface area (Å²) in [6, 6.07) is 17.8. The van der Waals surface area contributed by atoms with Gasteiger partial charge in [-0.1, -0.05) is 30.3 Å². The molecule has 0 aliphatic carbocycles. The summed E-state index contributed by atoms with van der Waals surface area (Å²) in [4.78, 5) is 12.7. The topological polar surface area (TPSA) is 75.7 Å². The van der Waals surface area contributed by atoms with Crippen LogP contribution in [0.5, 0.6) is 5.75 Å². The molecule has 0 unspecified atom stereocenters. The van der Waals surface area contributed by atoms with Crippen LogP contribution >= 0.6 is 0 Å². The Bertz CT molecular complexity index is 1260. The monoisotopic (exact) mass is 454 g/mol. The summed E-state index contributed by atoms with van der Waals surface area (Å²) >= 11 is 0. The molecule has 166 valence electrons. The van der Waals surface area contributed by atoms with Gasteiger partial charge in [0.15, 0.2) is 11.6 Å². The van der Waals surface area contributed by atoms with Crippen molar-refractivity contribution in [3.05, 3.63) is 89.2 Å². The summed E-state index contributed by atoms with van der Waals surface area (Å²) in [5.41, 5.74) is 2.44. The van der Waals surface area contributed by atoms with E-state index in [2.05, 4.69) is 5.32 Å². The maximum Gasteiger partial charge on any atom is 0.264 e. The van der Waals surface area contributed by atoms with Gasteiger partial charge in [-0.3, -0.25) is 9.10 Å². The average Bonchev–Trinajstić information content (AvgIpc) is 2.82. The number of hydrogen-bond donors (Lipinski definition) is 1. The predicted octanol–water partition coefficient (Wildman–Crippen LogP) is 3.91. The van der Waals surface area contributed by atoms with Gasteiger partial charge in [-0.2, -0.15) is 0 Å². The average molecular weight is 455 g/mol. The molecule has 0 spiro atoms. The molecule has 3 aromatic rings. The van der Waals surface area contributed by atoms with Gasteiger partial charge >= 0.3 is 0 Å². The summed E-state index contributed by atoms with van der Waals surface area (Å²) in [6.45, 7) is 0.481. The van der Waals surface area contributed by atoms with E-state index in [4.69, 9.17) is 4.74 Å². The summed E-state index contributed by atoms with van der Waals surface area (Å²) in [5, 5.41) is 2.70. The number of rotatable bonds is 6. The summed E-state index contributed by atoms with van der Waals surface area (Å²) in [5.74, 6) is -0.844. The highest BCUT2D eigenvalue weighted by molar-refractivity contribution is 7.92. The lowest BCUT2D eigenvalue weighted by Crippen LogP contribution is -2.35. The Labute approximate surface area is 186 Å². The number of nitrogens with one attached hydrogen (secondary N) is 1. The van der Waals surface area contributed by atoms with E-state index < -0.39 is 21.7 Å². The van der Waals surface area contributed by atoms with E-state index in [1.807, 2.05) is 18.2 Å². The number of ether oxygens (including phenoxy) is 1. The van der Waals surface area contributed by atoms with Crippen molar-refractivity contribution in [2.24, 2.45) is 0 Å². The Morgan fingerprint density at radius 3 is 2.69 bits per heavy atom. The van der Waals surface area contributed by atoms with E-state index in [0.717, 1.165) is 18.4 Å². The van der Waals surface area contributed by atoms with Gasteiger partial charge in [0, 0.05) is 18.7 Å². The van der Waals surface area contributed by atoms with Crippen LogP contribution in [0.4, 0.5) is 10.1 Å². The molecule has 0 radical (unpaired) electrons. The molecule has 6 nitrogen and oxygen atoms in total. The van der Waals surface area contributed by atoms with E-state index in [-0.39, 0.29) is 22.8 Å². The fourth-order valence-corrected chi connectivity index (χ4v) is 5.37. The molecule has 1 aliphatic heterocycles. The van der Waals surface area contributed by atoms with Gasteiger partial charge < -0.3 is 10.1 Å². The van der Waals surface area contributed by atoms with Crippen LogP contribution in [0.3, 0.4) is 0 Å².